The van der Waals surface area contributed by atoms with Crippen LogP contribution in [0.5, 0.6) is 0 Å². The zero-order valence-electron chi connectivity index (χ0n) is 18.9. The maximum absolute atomic E-state index is 13.1. The van der Waals surface area contributed by atoms with Crippen molar-refractivity contribution < 1.29 is 29.1 Å². The number of amides is 4. The van der Waals surface area contributed by atoms with Gasteiger partial charge in [-0.3, -0.25) is 24.0 Å². The molecule has 0 bridgehead atoms. The fourth-order valence-corrected chi connectivity index (χ4v) is 3.18. The number of carboxylic acids is 1. The Morgan fingerprint density at radius 1 is 0.971 bits per heavy atom. The van der Waals surface area contributed by atoms with Crippen LogP contribution < -0.4 is 27.4 Å². The molecule has 0 saturated carbocycles. The molecular weight excluding hydrogens is 458 g/mol. The van der Waals surface area contributed by atoms with Gasteiger partial charge in [0.05, 0.1) is 12.4 Å². The highest BCUT2D eigenvalue weighted by Gasteiger charge is 2.29. The largest absolute Gasteiger partial charge is 0.480 e. The third kappa shape index (κ3) is 9.63. The Morgan fingerprint density at radius 2 is 1.66 bits per heavy atom. The van der Waals surface area contributed by atoms with Crippen LogP contribution in [0.4, 0.5) is 0 Å². The van der Waals surface area contributed by atoms with Gasteiger partial charge in [0.2, 0.25) is 23.6 Å². The number of aliphatic carboxylic acids is 1. The number of hydrogen-bond acceptors (Lipinski definition) is 7. The highest BCUT2D eigenvalue weighted by Crippen LogP contribution is 2.07. The van der Waals surface area contributed by atoms with Gasteiger partial charge in [-0.05, 0) is 12.0 Å². The minimum absolute atomic E-state index is 0.0917. The number of carbonyl (C=O) groups is 5. The van der Waals surface area contributed by atoms with Gasteiger partial charge in [-0.25, -0.2) is 4.98 Å². The summed E-state index contributed by atoms with van der Waals surface area (Å²) in [6.45, 7) is -0.672. The van der Waals surface area contributed by atoms with Gasteiger partial charge in [-0.1, -0.05) is 30.3 Å². The number of hydrogen-bond donors (Lipinski definition) is 7. The van der Waals surface area contributed by atoms with E-state index in [1.807, 2.05) is 0 Å². The Labute approximate surface area is 201 Å². The van der Waals surface area contributed by atoms with Gasteiger partial charge >= 0.3 is 5.97 Å². The maximum Gasteiger partial charge on any atom is 0.322 e. The van der Waals surface area contributed by atoms with Crippen molar-refractivity contribution in [3.05, 3.63) is 54.1 Å². The number of nitrogens with two attached hydrogens (primary N) is 2. The Morgan fingerprint density at radius 3 is 2.26 bits per heavy atom. The first kappa shape index (κ1) is 27.0. The average Bonchev–Trinajstić information content (AvgIpc) is 3.33. The van der Waals surface area contributed by atoms with Crippen LogP contribution >= 0.6 is 0 Å². The molecule has 13 heteroatoms. The van der Waals surface area contributed by atoms with Crippen molar-refractivity contribution in [1.82, 2.24) is 25.9 Å². The molecule has 0 spiro atoms. The Balaban J connectivity index is 2.15. The van der Waals surface area contributed by atoms with Crippen molar-refractivity contribution in [2.45, 2.75) is 43.8 Å². The lowest BCUT2D eigenvalue weighted by Crippen LogP contribution is -2.57. The van der Waals surface area contributed by atoms with E-state index in [0.717, 1.165) is 5.56 Å². The topological polar surface area (TPSA) is 222 Å². The van der Waals surface area contributed by atoms with Gasteiger partial charge in [0, 0.05) is 31.2 Å². The third-order valence-electron chi connectivity index (χ3n) is 4.97. The molecule has 4 amide bonds. The summed E-state index contributed by atoms with van der Waals surface area (Å²) in [7, 11) is 0. The second-order valence-electron chi connectivity index (χ2n) is 7.82. The van der Waals surface area contributed by atoms with E-state index in [4.69, 9.17) is 16.6 Å². The van der Waals surface area contributed by atoms with Crippen LogP contribution in [0.15, 0.2) is 42.9 Å². The fraction of sp³-hybridized carbons (Fsp3) is 0.364. The molecule has 0 radical (unpaired) electrons. The van der Waals surface area contributed by atoms with E-state index >= 15 is 0 Å². The van der Waals surface area contributed by atoms with Crippen molar-refractivity contribution in [2.75, 3.05) is 6.54 Å². The molecule has 0 aliphatic carbocycles. The molecule has 35 heavy (non-hydrogen) atoms. The van der Waals surface area contributed by atoms with E-state index in [9.17, 15) is 24.0 Å². The number of primary amides is 1. The van der Waals surface area contributed by atoms with Gasteiger partial charge in [-0.2, -0.15) is 0 Å². The molecule has 3 unspecified atom stereocenters. The van der Waals surface area contributed by atoms with Crippen molar-refractivity contribution in [1.29, 1.82) is 0 Å². The van der Waals surface area contributed by atoms with Crippen LogP contribution in [0.25, 0.3) is 0 Å². The molecule has 3 atom stereocenters. The highest BCUT2D eigenvalue weighted by atomic mass is 16.4. The Hall–Kier alpha value is -4.26. The first-order valence-electron chi connectivity index (χ1n) is 10.8. The number of nitrogens with one attached hydrogen (secondary N) is 4. The Kier molecular flexibility index (Phi) is 10.4. The van der Waals surface area contributed by atoms with Crippen molar-refractivity contribution in [3.63, 3.8) is 0 Å². The Bertz CT molecular complexity index is 1010. The molecule has 2 rings (SSSR count). The molecular formula is C22H29N7O6. The van der Waals surface area contributed by atoms with E-state index in [-0.39, 0.29) is 25.7 Å². The van der Waals surface area contributed by atoms with E-state index in [1.165, 1.54) is 12.5 Å². The summed E-state index contributed by atoms with van der Waals surface area (Å²) in [5.74, 6) is -4.09. The van der Waals surface area contributed by atoms with E-state index in [1.54, 1.807) is 30.3 Å². The summed E-state index contributed by atoms with van der Waals surface area (Å²) in [5.41, 5.74) is 12.5. The predicted octanol–water partition coefficient (Wildman–Crippen LogP) is -2.04. The summed E-state index contributed by atoms with van der Waals surface area (Å²) in [6, 6.07) is 5.53. The number of carbonyl (C=O) groups excluding carboxylic acids is 4. The van der Waals surface area contributed by atoms with Gasteiger partial charge < -0.3 is 37.5 Å². The number of aromatic nitrogens is 2. The minimum Gasteiger partial charge on any atom is -0.480 e. The van der Waals surface area contributed by atoms with Gasteiger partial charge in [0.25, 0.3) is 0 Å². The monoisotopic (exact) mass is 487 g/mol. The second-order valence-corrected chi connectivity index (χ2v) is 7.82. The van der Waals surface area contributed by atoms with Crippen LogP contribution in [-0.2, 0) is 36.8 Å². The first-order valence-corrected chi connectivity index (χ1v) is 10.8. The SMILES string of the molecule is NC(=O)CCC(NC(=O)C(Cc1ccccc1)NC(=O)C(N)Cc1cnc[nH]1)C(=O)NCC(=O)O. The summed E-state index contributed by atoms with van der Waals surface area (Å²) in [4.78, 5) is 67.0. The standard InChI is InChI=1S/C22H29N7O6/c23-15(9-14-10-25-12-27-14)20(33)29-17(8-13-4-2-1-3-5-13)22(35)28-16(6-7-18(24)30)21(34)26-11-19(31)32/h1-5,10,12,15-17H,6-9,11,23H2,(H2,24,30)(H,25,27)(H,26,34)(H,28,35)(H,29,33)(H,31,32). The third-order valence-corrected chi connectivity index (χ3v) is 4.97. The maximum atomic E-state index is 13.1. The average molecular weight is 488 g/mol. The first-order chi connectivity index (χ1) is 16.7. The molecule has 9 N–H and O–H groups in total. The van der Waals surface area contributed by atoms with Crippen molar-refractivity contribution in [2.24, 2.45) is 11.5 Å². The number of benzene rings is 1. The van der Waals surface area contributed by atoms with Crippen LogP contribution in [0.1, 0.15) is 24.1 Å². The number of aromatic amines is 1. The highest BCUT2D eigenvalue weighted by molar-refractivity contribution is 5.94. The summed E-state index contributed by atoms with van der Waals surface area (Å²) in [6.07, 6.45) is 2.85. The number of rotatable bonds is 14. The van der Waals surface area contributed by atoms with E-state index < -0.39 is 54.3 Å². The molecule has 0 aliphatic rings. The minimum atomic E-state index is -1.28. The summed E-state index contributed by atoms with van der Waals surface area (Å²) < 4.78 is 0. The molecule has 1 heterocycles. The van der Waals surface area contributed by atoms with Gasteiger partial charge in [-0.15, -0.1) is 0 Å². The molecule has 2 aromatic rings. The number of imidazole rings is 1. The van der Waals surface area contributed by atoms with E-state index in [2.05, 4.69) is 25.9 Å². The number of carboxylic acid groups (broad SMARTS) is 1. The fourth-order valence-electron chi connectivity index (χ4n) is 3.18. The molecule has 1 aromatic heterocycles. The van der Waals surface area contributed by atoms with Gasteiger partial charge in [0.1, 0.15) is 18.6 Å². The van der Waals surface area contributed by atoms with E-state index in [0.29, 0.717) is 5.69 Å². The molecule has 0 aliphatic heterocycles. The molecule has 0 fully saturated rings. The normalized spacial score (nSPS) is 13.2. The summed E-state index contributed by atoms with van der Waals surface area (Å²) >= 11 is 0. The lowest BCUT2D eigenvalue weighted by Gasteiger charge is -2.24. The smallest absolute Gasteiger partial charge is 0.322 e. The number of H-pyrrole nitrogens is 1. The summed E-state index contributed by atoms with van der Waals surface area (Å²) in [5, 5.41) is 16.1. The number of nitrogens with zero attached hydrogens (tertiary/aromatic N) is 1. The van der Waals surface area contributed by atoms with Crippen LogP contribution in [0.3, 0.4) is 0 Å². The lowest BCUT2D eigenvalue weighted by atomic mass is 10.0. The van der Waals surface area contributed by atoms with Gasteiger partial charge in [0.15, 0.2) is 0 Å². The molecule has 1 aromatic carbocycles. The second kappa shape index (κ2) is 13.4. The van der Waals surface area contributed by atoms with Crippen molar-refractivity contribution >= 4 is 29.6 Å². The predicted molar refractivity (Wildman–Crippen MR) is 123 cm³/mol. The van der Waals surface area contributed by atoms with Crippen LogP contribution in [0.2, 0.25) is 0 Å². The zero-order chi connectivity index (χ0) is 25.8. The lowest BCUT2D eigenvalue weighted by molar-refractivity contribution is -0.138. The van der Waals surface area contributed by atoms with Crippen LogP contribution in [-0.4, -0.2) is 69.3 Å². The molecule has 13 nitrogen and oxygen atoms in total. The molecule has 188 valence electrons. The molecule has 0 saturated heterocycles. The van der Waals surface area contributed by atoms with Crippen molar-refractivity contribution in [3.8, 4) is 0 Å². The van der Waals surface area contributed by atoms with Crippen LogP contribution in [0, 0.1) is 0 Å². The quantitative estimate of drug-likeness (QED) is 0.157. The zero-order valence-corrected chi connectivity index (χ0v) is 18.9.